The lowest BCUT2D eigenvalue weighted by atomic mass is 10.2. The number of anilines is 1. The van der Waals surface area contributed by atoms with Crippen LogP contribution < -0.4 is 10.6 Å². The second kappa shape index (κ2) is 5.79. The van der Waals surface area contributed by atoms with Gasteiger partial charge in [-0.25, -0.2) is 9.59 Å². The van der Waals surface area contributed by atoms with Crippen molar-refractivity contribution >= 4 is 17.7 Å². The molecule has 0 fully saturated rings. The van der Waals surface area contributed by atoms with Crippen molar-refractivity contribution in [2.45, 2.75) is 6.54 Å². The number of phenols is 1. The number of carbonyl (C=O) groups is 2. The minimum atomic E-state index is -1.24. The van der Waals surface area contributed by atoms with Crippen LogP contribution in [0.15, 0.2) is 41.0 Å². The van der Waals surface area contributed by atoms with Crippen LogP contribution >= 0.6 is 0 Å². The molecule has 0 saturated heterocycles. The standard InChI is InChI=1S/C13H12N2O5/c16-11-6-8(3-4-10(11)12(17)18)15-13(19)14-7-9-2-1-5-20-9/h1-6,16H,7H2,(H,17,18)(H2,14,15,19). The van der Waals surface area contributed by atoms with E-state index in [4.69, 9.17) is 9.52 Å². The summed E-state index contributed by atoms with van der Waals surface area (Å²) in [5.74, 6) is -1.05. The van der Waals surface area contributed by atoms with E-state index in [9.17, 15) is 14.7 Å². The van der Waals surface area contributed by atoms with Crippen LogP contribution in [0.1, 0.15) is 16.1 Å². The van der Waals surface area contributed by atoms with E-state index >= 15 is 0 Å². The van der Waals surface area contributed by atoms with Gasteiger partial charge in [0.15, 0.2) is 0 Å². The number of carboxylic acids is 1. The maximum atomic E-state index is 11.6. The van der Waals surface area contributed by atoms with Crippen molar-refractivity contribution in [3.63, 3.8) is 0 Å². The highest BCUT2D eigenvalue weighted by molar-refractivity contribution is 5.93. The second-order valence-corrected chi connectivity index (χ2v) is 3.92. The van der Waals surface area contributed by atoms with Crippen molar-refractivity contribution in [3.8, 4) is 5.75 Å². The van der Waals surface area contributed by atoms with Gasteiger partial charge in [0.2, 0.25) is 0 Å². The monoisotopic (exact) mass is 276 g/mol. The molecular weight excluding hydrogens is 264 g/mol. The number of hydrogen-bond acceptors (Lipinski definition) is 4. The Morgan fingerprint density at radius 1 is 1.25 bits per heavy atom. The highest BCUT2D eigenvalue weighted by atomic mass is 16.4. The van der Waals surface area contributed by atoms with E-state index in [1.54, 1.807) is 12.1 Å². The Morgan fingerprint density at radius 2 is 2.05 bits per heavy atom. The zero-order chi connectivity index (χ0) is 14.5. The summed E-state index contributed by atoms with van der Waals surface area (Å²) in [7, 11) is 0. The third-order valence-electron chi connectivity index (χ3n) is 2.49. The van der Waals surface area contributed by atoms with Crippen LogP contribution in [0.25, 0.3) is 0 Å². The van der Waals surface area contributed by atoms with Crippen LogP contribution in [0.2, 0.25) is 0 Å². The van der Waals surface area contributed by atoms with E-state index in [-0.39, 0.29) is 17.8 Å². The molecule has 1 heterocycles. The van der Waals surface area contributed by atoms with Crippen LogP contribution in [0, 0.1) is 0 Å². The number of aromatic hydroxyl groups is 1. The Balaban J connectivity index is 1.94. The Hall–Kier alpha value is -2.96. The molecule has 0 saturated carbocycles. The van der Waals surface area contributed by atoms with Gasteiger partial charge in [-0.15, -0.1) is 0 Å². The van der Waals surface area contributed by atoms with Gasteiger partial charge in [0, 0.05) is 11.8 Å². The van der Waals surface area contributed by atoms with Gasteiger partial charge < -0.3 is 25.3 Å². The molecule has 20 heavy (non-hydrogen) atoms. The smallest absolute Gasteiger partial charge is 0.339 e. The lowest BCUT2D eigenvalue weighted by Gasteiger charge is -2.07. The van der Waals surface area contributed by atoms with E-state index in [1.807, 2.05) is 0 Å². The maximum Gasteiger partial charge on any atom is 0.339 e. The second-order valence-electron chi connectivity index (χ2n) is 3.92. The highest BCUT2D eigenvalue weighted by Gasteiger charge is 2.10. The van der Waals surface area contributed by atoms with E-state index in [2.05, 4.69) is 10.6 Å². The molecule has 2 amide bonds. The predicted octanol–water partition coefficient (Wildman–Crippen LogP) is 2.01. The Kier molecular flexibility index (Phi) is 3.90. The van der Waals surface area contributed by atoms with Crippen molar-refractivity contribution in [1.29, 1.82) is 0 Å². The van der Waals surface area contributed by atoms with Crippen LogP contribution in [-0.2, 0) is 6.54 Å². The van der Waals surface area contributed by atoms with Crippen LogP contribution in [0.5, 0.6) is 5.75 Å². The fourth-order valence-corrected chi connectivity index (χ4v) is 1.55. The highest BCUT2D eigenvalue weighted by Crippen LogP contribution is 2.21. The third-order valence-corrected chi connectivity index (χ3v) is 2.49. The first-order valence-electron chi connectivity index (χ1n) is 5.70. The Bertz CT molecular complexity index is 622. The number of urea groups is 1. The van der Waals surface area contributed by atoms with Crippen LogP contribution in [0.3, 0.4) is 0 Å². The van der Waals surface area contributed by atoms with Crippen LogP contribution in [0.4, 0.5) is 10.5 Å². The lowest BCUT2D eigenvalue weighted by molar-refractivity contribution is 0.0694. The van der Waals surface area contributed by atoms with E-state index in [0.717, 1.165) is 6.07 Å². The molecule has 0 atom stereocenters. The summed E-state index contributed by atoms with van der Waals surface area (Å²) in [6.07, 6.45) is 1.50. The zero-order valence-electron chi connectivity index (χ0n) is 10.3. The van der Waals surface area contributed by atoms with Crippen molar-refractivity contribution in [3.05, 3.63) is 47.9 Å². The molecule has 0 radical (unpaired) electrons. The molecule has 2 rings (SSSR count). The van der Waals surface area contributed by atoms with Gasteiger partial charge in [-0.2, -0.15) is 0 Å². The number of carbonyl (C=O) groups excluding carboxylic acids is 1. The Labute approximate surface area is 113 Å². The summed E-state index contributed by atoms with van der Waals surface area (Å²) < 4.78 is 5.05. The average Bonchev–Trinajstić information content (AvgIpc) is 2.89. The molecule has 2 aromatic rings. The zero-order valence-corrected chi connectivity index (χ0v) is 10.3. The first-order chi connectivity index (χ1) is 9.56. The van der Waals surface area contributed by atoms with Gasteiger partial charge in [-0.3, -0.25) is 0 Å². The molecule has 1 aromatic heterocycles. The average molecular weight is 276 g/mol. The predicted molar refractivity (Wildman–Crippen MR) is 69.6 cm³/mol. The number of benzene rings is 1. The molecule has 0 aliphatic carbocycles. The third kappa shape index (κ3) is 3.29. The number of carboxylic acid groups (broad SMARTS) is 1. The summed E-state index contributed by atoms with van der Waals surface area (Å²) in [6.45, 7) is 0.220. The summed E-state index contributed by atoms with van der Waals surface area (Å²) >= 11 is 0. The first kappa shape index (κ1) is 13.5. The summed E-state index contributed by atoms with van der Waals surface area (Å²) in [5.41, 5.74) is 0.0518. The van der Waals surface area contributed by atoms with Gasteiger partial charge in [0.1, 0.15) is 17.1 Å². The molecule has 7 heteroatoms. The fourth-order valence-electron chi connectivity index (χ4n) is 1.55. The minimum absolute atomic E-state index is 0.220. The number of aromatic carboxylic acids is 1. The number of rotatable bonds is 4. The largest absolute Gasteiger partial charge is 0.507 e. The molecular formula is C13H12N2O5. The van der Waals surface area contributed by atoms with Gasteiger partial charge in [0.05, 0.1) is 12.8 Å². The van der Waals surface area contributed by atoms with Gasteiger partial charge in [0.25, 0.3) is 0 Å². The summed E-state index contributed by atoms with van der Waals surface area (Å²) in [6, 6.07) is 6.68. The topological polar surface area (TPSA) is 112 Å². The molecule has 0 bridgehead atoms. The Morgan fingerprint density at radius 3 is 2.65 bits per heavy atom. The fraction of sp³-hybridized carbons (Fsp3) is 0.0769. The number of amides is 2. The number of nitrogens with one attached hydrogen (secondary N) is 2. The molecule has 7 nitrogen and oxygen atoms in total. The molecule has 0 aliphatic rings. The van der Waals surface area contributed by atoms with Crippen molar-refractivity contribution < 1.29 is 24.2 Å². The molecule has 4 N–H and O–H groups in total. The van der Waals surface area contributed by atoms with Gasteiger partial charge in [-0.1, -0.05) is 0 Å². The maximum absolute atomic E-state index is 11.6. The molecule has 0 unspecified atom stereocenters. The van der Waals surface area contributed by atoms with Crippen molar-refractivity contribution in [2.24, 2.45) is 0 Å². The van der Waals surface area contributed by atoms with Gasteiger partial charge >= 0.3 is 12.0 Å². The van der Waals surface area contributed by atoms with Gasteiger partial charge in [-0.05, 0) is 24.3 Å². The quantitative estimate of drug-likeness (QED) is 0.682. The molecule has 0 spiro atoms. The van der Waals surface area contributed by atoms with Crippen molar-refractivity contribution in [1.82, 2.24) is 5.32 Å². The van der Waals surface area contributed by atoms with Crippen molar-refractivity contribution in [2.75, 3.05) is 5.32 Å². The SMILES string of the molecule is O=C(NCc1ccco1)Nc1ccc(C(=O)O)c(O)c1. The first-order valence-corrected chi connectivity index (χ1v) is 5.70. The normalized spacial score (nSPS) is 10.0. The minimum Gasteiger partial charge on any atom is -0.507 e. The van der Waals surface area contributed by atoms with E-state index in [0.29, 0.717) is 5.76 Å². The molecule has 1 aromatic carbocycles. The molecule has 0 aliphatic heterocycles. The van der Waals surface area contributed by atoms with Crippen LogP contribution in [-0.4, -0.2) is 22.2 Å². The number of furan rings is 1. The summed E-state index contributed by atoms with van der Waals surface area (Å²) in [5, 5.41) is 23.3. The summed E-state index contributed by atoms with van der Waals surface area (Å²) in [4.78, 5) is 22.3. The lowest BCUT2D eigenvalue weighted by Crippen LogP contribution is -2.28. The van der Waals surface area contributed by atoms with E-state index in [1.165, 1.54) is 18.4 Å². The number of hydrogen-bond donors (Lipinski definition) is 4. The van der Waals surface area contributed by atoms with E-state index < -0.39 is 17.7 Å². The molecule has 104 valence electrons.